The van der Waals surface area contributed by atoms with Crippen LogP contribution in [0.1, 0.15) is 55.5 Å². The maximum atomic E-state index is 12.7. The lowest BCUT2D eigenvalue weighted by molar-refractivity contribution is -0.136. The maximum Gasteiger partial charge on any atom is 0.255 e. The second-order valence-corrected chi connectivity index (χ2v) is 8.61. The molecule has 1 aromatic carbocycles. The summed E-state index contributed by atoms with van der Waals surface area (Å²) < 4.78 is 6.12. The number of hydrogen-bond donors (Lipinski definition) is 2. The van der Waals surface area contributed by atoms with Crippen molar-refractivity contribution in [2.45, 2.75) is 64.3 Å². The highest BCUT2D eigenvalue weighted by atomic mass is 16.5. The van der Waals surface area contributed by atoms with E-state index in [9.17, 15) is 14.4 Å². The van der Waals surface area contributed by atoms with Gasteiger partial charge in [-0.3, -0.25) is 19.7 Å². The van der Waals surface area contributed by atoms with Crippen LogP contribution in [0.15, 0.2) is 18.2 Å². The smallest absolute Gasteiger partial charge is 0.255 e. The predicted molar refractivity (Wildman–Crippen MR) is 97.9 cm³/mol. The molecule has 3 amide bonds. The number of imide groups is 1. The zero-order valence-corrected chi connectivity index (χ0v) is 15.7. The quantitative estimate of drug-likeness (QED) is 0.781. The highest BCUT2D eigenvalue weighted by Gasteiger charge is 2.40. The molecule has 2 fully saturated rings. The van der Waals surface area contributed by atoms with E-state index in [1.807, 2.05) is 6.07 Å². The van der Waals surface area contributed by atoms with Crippen LogP contribution in [-0.4, -0.2) is 40.8 Å². The average Bonchev–Trinajstić information content (AvgIpc) is 3.03. The van der Waals surface area contributed by atoms with Gasteiger partial charge in [0.05, 0.1) is 0 Å². The van der Waals surface area contributed by atoms with Crippen molar-refractivity contribution in [2.75, 3.05) is 0 Å². The summed E-state index contributed by atoms with van der Waals surface area (Å²) in [5, 5.41) is 2.32. The molecule has 1 aromatic rings. The van der Waals surface area contributed by atoms with Crippen molar-refractivity contribution in [3.63, 3.8) is 0 Å². The number of fused-ring (bicyclic) bond motifs is 1. The van der Waals surface area contributed by atoms with Crippen LogP contribution < -0.4 is 15.8 Å². The van der Waals surface area contributed by atoms with E-state index in [4.69, 9.17) is 10.5 Å². The van der Waals surface area contributed by atoms with E-state index in [0.29, 0.717) is 24.3 Å². The molecule has 7 heteroatoms. The van der Waals surface area contributed by atoms with E-state index < -0.39 is 11.9 Å². The van der Waals surface area contributed by atoms with Crippen molar-refractivity contribution in [3.8, 4) is 5.75 Å². The van der Waals surface area contributed by atoms with Crippen LogP contribution in [0.25, 0.3) is 0 Å². The number of benzene rings is 1. The van der Waals surface area contributed by atoms with Crippen LogP contribution >= 0.6 is 0 Å². The third-order valence-corrected chi connectivity index (χ3v) is 5.80. The molecule has 3 atom stereocenters. The van der Waals surface area contributed by atoms with Crippen molar-refractivity contribution in [3.05, 3.63) is 29.3 Å². The fourth-order valence-electron chi connectivity index (χ4n) is 4.48. The van der Waals surface area contributed by atoms with E-state index in [-0.39, 0.29) is 35.8 Å². The first-order chi connectivity index (χ1) is 12.7. The lowest BCUT2D eigenvalue weighted by Crippen LogP contribution is -2.52. The minimum atomic E-state index is -0.601. The number of rotatable bonds is 3. The standard InChI is InChI=1S/C20H25N3O4/c1-20(2)8-14(21)16(9-20)27-12-3-4-13-11(7-12)10-23(19(13)26)15-5-6-17(24)22-18(15)25/h3-4,7,14-16H,5-6,8-10,21H2,1-2H3,(H,22,24,25)/t14-,15?,16-/m1/s1. The summed E-state index contributed by atoms with van der Waals surface area (Å²) in [5.41, 5.74) is 7.82. The van der Waals surface area contributed by atoms with Gasteiger partial charge in [0.25, 0.3) is 5.91 Å². The van der Waals surface area contributed by atoms with Gasteiger partial charge in [0.1, 0.15) is 17.9 Å². The molecule has 1 saturated carbocycles. The fourth-order valence-corrected chi connectivity index (χ4v) is 4.48. The SMILES string of the molecule is CC1(C)C[C@@H](N)[C@H](Oc2ccc3c(c2)CN(C2CCC(=O)NC2=O)C3=O)C1. The molecule has 0 bridgehead atoms. The Morgan fingerprint density at radius 2 is 2.00 bits per heavy atom. The Bertz CT molecular complexity index is 819. The van der Waals surface area contributed by atoms with Crippen LogP contribution in [0.3, 0.4) is 0 Å². The summed E-state index contributed by atoms with van der Waals surface area (Å²) in [5.74, 6) is -0.162. The third-order valence-electron chi connectivity index (χ3n) is 5.80. The monoisotopic (exact) mass is 371 g/mol. The number of piperidine rings is 1. The van der Waals surface area contributed by atoms with E-state index in [1.54, 1.807) is 17.0 Å². The van der Waals surface area contributed by atoms with E-state index in [1.165, 1.54) is 0 Å². The highest BCUT2D eigenvalue weighted by Crippen LogP contribution is 2.39. The van der Waals surface area contributed by atoms with Gasteiger partial charge in [-0.05, 0) is 48.4 Å². The molecule has 0 radical (unpaired) electrons. The molecule has 27 heavy (non-hydrogen) atoms. The molecule has 7 nitrogen and oxygen atoms in total. The summed E-state index contributed by atoms with van der Waals surface area (Å²) in [6, 6.07) is 4.82. The molecule has 144 valence electrons. The Hall–Kier alpha value is -2.41. The lowest BCUT2D eigenvalue weighted by Gasteiger charge is -2.29. The Morgan fingerprint density at radius 3 is 2.67 bits per heavy atom. The van der Waals surface area contributed by atoms with Gasteiger partial charge in [-0.15, -0.1) is 0 Å². The van der Waals surface area contributed by atoms with Crippen LogP contribution in [0.5, 0.6) is 5.75 Å². The maximum absolute atomic E-state index is 12.7. The molecule has 3 N–H and O–H groups in total. The first-order valence-corrected chi connectivity index (χ1v) is 9.43. The number of ether oxygens (including phenoxy) is 1. The van der Waals surface area contributed by atoms with Gasteiger partial charge in [-0.2, -0.15) is 0 Å². The lowest BCUT2D eigenvalue weighted by atomic mass is 9.92. The zero-order valence-electron chi connectivity index (χ0n) is 15.7. The molecule has 1 aliphatic carbocycles. The Balaban J connectivity index is 1.50. The summed E-state index contributed by atoms with van der Waals surface area (Å²) in [6.45, 7) is 4.73. The molecule has 0 aromatic heterocycles. The number of hydrogen-bond acceptors (Lipinski definition) is 5. The van der Waals surface area contributed by atoms with E-state index >= 15 is 0 Å². The molecule has 0 spiro atoms. The normalized spacial score (nSPS) is 29.7. The number of nitrogens with zero attached hydrogens (tertiary/aromatic N) is 1. The Labute approximate surface area is 158 Å². The molecule has 1 unspecified atom stereocenters. The third kappa shape index (κ3) is 3.32. The van der Waals surface area contributed by atoms with Gasteiger partial charge in [0.2, 0.25) is 11.8 Å². The van der Waals surface area contributed by atoms with Gasteiger partial charge in [-0.25, -0.2) is 0 Å². The molecule has 3 aliphatic rings. The summed E-state index contributed by atoms with van der Waals surface area (Å²) in [7, 11) is 0. The van der Waals surface area contributed by atoms with Crippen molar-refractivity contribution in [1.82, 2.24) is 10.2 Å². The average molecular weight is 371 g/mol. The van der Waals surface area contributed by atoms with Crippen LogP contribution in [0, 0.1) is 5.41 Å². The number of carbonyl (C=O) groups is 3. The highest BCUT2D eigenvalue weighted by molar-refractivity contribution is 6.05. The molecular weight excluding hydrogens is 346 g/mol. The number of nitrogens with two attached hydrogens (primary N) is 1. The van der Waals surface area contributed by atoms with E-state index in [0.717, 1.165) is 18.4 Å². The molecule has 2 aliphatic heterocycles. The summed E-state index contributed by atoms with van der Waals surface area (Å²) in [4.78, 5) is 37.7. The topological polar surface area (TPSA) is 102 Å². The van der Waals surface area contributed by atoms with Gasteiger partial charge in [0.15, 0.2) is 0 Å². The Kier molecular flexibility index (Phi) is 4.22. The first kappa shape index (κ1) is 18.0. The second kappa shape index (κ2) is 6.34. The van der Waals surface area contributed by atoms with Gasteiger partial charge in [-0.1, -0.05) is 13.8 Å². The number of amides is 3. The van der Waals surface area contributed by atoms with Crippen LogP contribution in [0.4, 0.5) is 0 Å². The van der Waals surface area contributed by atoms with Gasteiger partial charge < -0.3 is 15.4 Å². The zero-order chi connectivity index (χ0) is 19.3. The number of carbonyl (C=O) groups excluding carboxylic acids is 3. The van der Waals surface area contributed by atoms with E-state index in [2.05, 4.69) is 19.2 Å². The number of nitrogens with one attached hydrogen (secondary N) is 1. The molecular formula is C20H25N3O4. The largest absolute Gasteiger partial charge is 0.489 e. The minimum Gasteiger partial charge on any atom is -0.489 e. The van der Waals surface area contributed by atoms with Crippen LogP contribution in [0.2, 0.25) is 0 Å². The van der Waals surface area contributed by atoms with Crippen molar-refractivity contribution in [1.29, 1.82) is 0 Å². The molecule has 1 saturated heterocycles. The van der Waals surface area contributed by atoms with Gasteiger partial charge >= 0.3 is 0 Å². The Morgan fingerprint density at radius 1 is 1.22 bits per heavy atom. The molecule has 2 heterocycles. The predicted octanol–water partition coefficient (Wildman–Crippen LogP) is 1.34. The van der Waals surface area contributed by atoms with Gasteiger partial charge in [0, 0.05) is 24.6 Å². The summed E-state index contributed by atoms with van der Waals surface area (Å²) >= 11 is 0. The first-order valence-electron chi connectivity index (χ1n) is 9.43. The van der Waals surface area contributed by atoms with Crippen LogP contribution in [-0.2, 0) is 16.1 Å². The molecule has 4 rings (SSSR count). The fraction of sp³-hybridized carbons (Fsp3) is 0.550. The summed E-state index contributed by atoms with van der Waals surface area (Å²) in [6.07, 6.45) is 2.39. The van der Waals surface area contributed by atoms with Crippen molar-refractivity contribution < 1.29 is 19.1 Å². The second-order valence-electron chi connectivity index (χ2n) is 8.61. The van der Waals surface area contributed by atoms with Crippen molar-refractivity contribution in [2.24, 2.45) is 11.1 Å². The van der Waals surface area contributed by atoms with Crippen molar-refractivity contribution >= 4 is 17.7 Å². The minimum absolute atomic E-state index is 0.00476.